The first-order valence-electron chi connectivity index (χ1n) is 11.8. The Hall–Kier alpha value is 0.350. The Kier molecular flexibility index (Phi) is 7.45. The van der Waals surface area contributed by atoms with Gasteiger partial charge in [0, 0.05) is 5.97 Å². The van der Waals surface area contributed by atoms with Crippen molar-refractivity contribution in [1.29, 1.82) is 0 Å². The molecule has 0 aromatic heterocycles. The molecular weight excluding hydrogens is 391 g/mol. The van der Waals surface area contributed by atoms with Gasteiger partial charge in [-0.3, -0.25) is 0 Å². The molecule has 11 atom stereocenters. The van der Waals surface area contributed by atoms with Crippen LogP contribution in [0, 0.1) is 46.3 Å². The third-order valence-electron chi connectivity index (χ3n) is 10.3. The van der Waals surface area contributed by atoms with Gasteiger partial charge in [0.25, 0.3) is 0 Å². The number of fused-ring (bicyclic) bond motifs is 5. The van der Waals surface area contributed by atoms with E-state index in [2.05, 4.69) is 20.8 Å². The Balaban J connectivity index is 0.00000256. The molecule has 4 rings (SSSR count). The largest absolute Gasteiger partial charge is 1.00 e. The van der Waals surface area contributed by atoms with E-state index in [0.717, 1.165) is 44.9 Å². The standard InChI is InChI=1S/C24H40O5.Na/c1-13(4-7-21(28)29)16-5-6-17-22-18(12-20(27)24(16,17)3)23(2)9-8-15(25)10-14(23)11-19(22)26;/h13-20,22,25-27H,4-12H2,1-3H3,(H,28,29);/q;+1/p-1/t13?,14?,15-,16?,17?,18?,19-,20+,22?,23+,24-;/m1./s1. The fraction of sp³-hybridized carbons (Fsp3) is 0.958. The molecule has 30 heavy (non-hydrogen) atoms. The summed E-state index contributed by atoms with van der Waals surface area (Å²) in [6.45, 7) is 6.67. The maximum atomic E-state index is 11.5. The third kappa shape index (κ3) is 3.84. The Labute approximate surface area is 203 Å². The van der Waals surface area contributed by atoms with Crippen molar-refractivity contribution in [1.82, 2.24) is 0 Å². The van der Waals surface area contributed by atoms with E-state index in [1.165, 1.54) is 0 Å². The summed E-state index contributed by atoms with van der Waals surface area (Å²) in [4.78, 5) is 11.0. The van der Waals surface area contributed by atoms with Gasteiger partial charge in [-0.25, -0.2) is 0 Å². The number of aliphatic carboxylic acids is 1. The first-order chi connectivity index (χ1) is 13.6. The molecule has 4 saturated carbocycles. The molecule has 0 bridgehead atoms. The van der Waals surface area contributed by atoms with Crippen LogP contribution in [0.1, 0.15) is 78.6 Å². The van der Waals surface area contributed by atoms with Crippen molar-refractivity contribution in [3.8, 4) is 0 Å². The fourth-order valence-corrected chi connectivity index (χ4v) is 8.68. The van der Waals surface area contributed by atoms with E-state index >= 15 is 0 Å². The summed E-state index contributed by atoms with van der Waals surface area (Å²) in [6, 6.07) is 0. The second-order valence-corrected chi connectivity index (χ2v) is 11.4. The maximum Gasteiger partial charge on any atom is 1.00 e. The molecule has 0 saturated heterocycles. The van der Waals surface area contributed by atoms with E-state index in [9.17, 15) is 25.2 Å². The first-order valence-corrected chi connectivity index (χ1v) is 11.8. The summed E-state index contributed by atoms with van der Waals surface area (Å²) >= 11 is 0. The predicted octanol–water partition coefficient (Wildman–Crippen LogP) is -0.882. The van der Waals surface area contributed by atoms with E-state index in [1.54, 1.807) is 0 Å². The molecule has 5 nitrogen and oxygen atoms in total. The van der Waals surface area contributed by atoms with Crippen LogP contribution >= 0.6 is 0 Å². The van der Waals surface area contributed by atoms with Crippen LogP contribution in [0.5, 0.6) is 0 Å². The minimum Gasteiger partial charge on any atom is -0.550 e. The van der Waals surface area contributed by atoms with Gasteiger partial charge < -0.3 is 25.2 Å². The average Bonchev–Trinajstić information content (AvgIpc) is 3.01. The summed E-state index contributed by atoms with van der Waals surface area (Å²) in [5.41, 5.74) is -0.172. The van der Waals surface area contributed by atoms with Crippen LogP contribution in [0.15, 0.2) is 0 Å². The van der Waals surface area contributed by atoms with Crippen molar-refractivity contribution >= 4 is 5.97 Å². The summed E-state index contributed by atoms with van der Waals surface area (Å²) in [5.74, 6) is 0.635. The second-order valence-electron chi connectivity index (χ2n) is 11.4. The van der Waals surface area contributed by atoms with Gasteiger partial charge in [0.2, 0.25) is 0 Å². The van der Waals surface area contributed by atoms with Gasteiger partial charge in [-0.1, -0.05) is 20.8 Å². The van der Waals surface area contributed by atoms with Crippen LogP contribution in [0.3, 0.4) is 0 Å². The normalized spacial score (nSPS) is 51.1. The van der Waals surface area contributed by atoms with Gasteiger partial charge in [0.05, 0.1) is 18.3 Å². The Bertz CT molecular complexity index is 643. The Morgan fingerprint density at radius 3 is 2.43 bits per heavy atom. The van der Waals surface area contributed by atoms with Crippen LogP contribution in [0.2, 0.25) is 0 Å². The molecule has 0 aromatic carbocycles. The van der Waals surface area contributed by atoms with Crippen molar-refractivity contribution in [3.05, 3.63) is 0 Å². The quantitative estimate of drug-likeness (QED) is 0.503. The van der Waals surface area contributed by atoms with Gasteiger partial charge in [-0.15, -0.1) is 0 Å². The minimum atomic E-state index is -0.998. The number of carboxylic acid groups (broad SMARTS) is 1. The van der Waals surface area contributed by atoms with Crippen LogP contribution in [0.4, 0.5) is 0 Å². The Morgan fingerprint density at radius 2 is 1.77 bits per heavy atom. The SMILES string of the molecule is CC(CCC(=O)[O-])C1CCC2C3C(C[C@H](O)[C@]12C)[C@@]1(C)CC[C@@H](O)CC1C[C@H]3O.[Na+]. The zero-order chi connectivity index (χ0) is 21.1. The van der Waals surface area contributed by atoms with Gasteiger partial charge in [-0.05, 0) is 104 Å². The monoisotopic (exact) mass is 430 g/mol. The smallest absolute Gasteiger partial charge is 0.550 e. The van der Waals surface area contributed by atoms with Crippen molar-refractivity contribution in [2.75, 3.05) is 0 Å². The third-order valence-corrected chi connectivity index (χ3v) is 10.3. The molecule has 0 aliphatic heterocycles. The van der Waals surface area contributed by atoms with Gasteiger partial charge in [0.15, 0.2) is 0 Å². The van der Waals surface area contributed by atoms with Crippen molar-refractivity contribution < 1.29 is 54.8 Å². The van der Waals surface area contributed by atoms with Gasteiger partial charge >= 0.3 is 29.6 Å². The van der Waals surface area contributed by atoms with E-state index in [-0.39, 0.29) is 82.7 Å². The predicted molar refractivity (Wildman–Crippen MR) is 107 cm³/mol. The second kappa shape index (κ2) is 8.95. The molecule has 0 spiro atoms. The summed E-state index contributed by atoms with van der Waals surface area (Å²) in [5, 5.41) is 43.9. The molecule has 6 unspecified atom stereocenters. The zero-order valence-electron chi connectivity index (χ0n) is 19.2. The molecule has 6 heteroatoms. The molecule has 4 aliphatic carbocycles. The van der Waals surface area contributed by atoms with E-state index in [0.29, 0.717) is 18.3 Å². The molecule has 0 aromatic rings. The van der Waals surface area contributed by atoms with Crippen molar-refractivity contribution in [2.24, 2.45) is 46.3 Å². The number of rotatable bonds is 4. The van der Waals surface area contributed by atoms with Crippen molar-refractivity contribution in [3.63, 3.8) is 0 Å². The van der Waals surface area contributed by atoms with E-state index < -0.39 is 12.1 Å². The zero-order valence-corrected chi connectivity index (χ0v) is 21.2. The molecular formula is C24H39NaO5. The van der Waals surface area contributed by atoms with Crippen molar-refractivity contribution in [2.45, 2.75) is 96.9 Å². The maximum absolute atomic E-state index is 11.5. The number of aliphatic hydroxyl groups excluding tert-OH is 3. The van der Waals surface area contributed by atoms with Crippen LogP contribution in [0.25, 0.3) is 0 Å². The van der Waals surface area contributed by atoms with E-state index in [4.69, 9.17) is 0 Å². The minimum absolute atomic E-state index is 0. The number of hydrogen-bond donors (Lipinski definition) is 3. The molecule has 166 valence electrons. The molecule has 4 fully saturated rings. The fourth-order valence-electron chi connectivity index (χ4n) is 8.68. The summed E-state index contributed by atoms with van der Waals surface area (Å²) in [7, 11) is 0. The number of aliphatic hydroxyl groups is 3. The molecule has 0 amide bonds. The summed E-state index contributed by atoms with van der Waals surface area (Å²) in [6.07, 6.45) is 5.72. The summed E-state index contributed by atoms with van der Waals surface area (Å²) < 4.78 is 0. The number of carbonyl (C=O) groups is 1. The van der Waals surface area contributed by atoms with Gasteiger partial charge in [-0.2, -0.15) is 0 Å². The topological polar surface area (TPSA) is 101 Å². The number of carboxylic acids is 1. The molecule has 0 heterocycles. The van der Waals surface area contributed by atoms with Crippen LogP contribution in [-0.4, -0.2) is 39.6 Å². The Morgan fingerprint density at radius 1 is 1.07 bits per heavy atom. The van der Waals surface area contributed by atoms with Crippen LogP contribution in [-0.2, 0) is 4.79 Å². The molecule has 0 radical (unpaired) electrons. The van der Waals surface area contributed by atoms with Gasteiger partial charge in [0.1, 0.15) is 0 Å². The van der Waals surface area contributed by atoms with Crippen LogP contribution < -0.4 is 34.7 Å². The molecule has 3 N–H and O–H groups in total. The number of carbonyl (C=O) groups excluding carboxylic acids is 1. The van der Waals surface area contributed by atoms with E-state index in [1.807, 2.05) is 0 Å². The molecule has 4 aliphatic rings. The number of hydrogen-bond acceptors (Lipinski definition) is 5. The first kappa shape index (κ1) is 25.0. The average molecular weight is 431 g/mol.